The van der Waals surface area contributed by atoms with Gasteiger partial charge in [0.05, 0.1) is 17.8 Å². The van der Waals surface area contributed by atoms with Crippen LogP contribution in [-0.4, -0.2) is 22.4 Å². The van der Waals surface area contributed by atoms with E-state index in [2.05, 4.69) is 10.4 Å². The van der Waals surface area contributed by atoms with Gasteiger partial charge in [-0.1, -0.05) is 27.7 Å². The maximum Gasteiger partial charge on any atom is 0.419 e. The molecule has 104 valence electrons. The summed E-state index contributed by atoms with van der Waals surface area (Å²) < 4.78 is 38.9. The Labute approximate surface area is 105 Å². The number of aromatic nitrogens is 2. The molecule has 1 atom stereocenters. The highest BCUT2D eigenvalue weighted by molar-refractivity contribution is 5.09. The molecule has 6 heteroatoms. The molecule has 1 aromatic heterocycles. The largest absolute Gasteiger partial charge is 0.419 e. The highest BCUT2D eigenvalue weighted by atomic mass is 19.4. The Morgan fingerprint density at radius 1 is 1.28 bits per heavy atom. The average molecular weight is 263 g/mol. The van der Waals surface area contributed by atoms with Crippen LogP contribution in [0.25, 0.3) is 0 Å². The molecule has 0 radical (unpaired) electrons. The molecule has 1 unspecified atom stereocenters. The third-order valence-electron chi connectivity index (χ3n) is 2.77. The van der Waals surface area contributed by atoms with Gasteiger partial charge in [-0.15, -0.1) is 0 Å². The first kappa shape index (κ1) is 15.0. The van der Waals surface area contributed by atoms with Gasteiger partial charge >= 0.3 is 6.18 Å². The van der Waals surface area contributed by atoms with Crippen LogP contribution in [0.4, 0.5) is 13.2 Å². The molecule has 3 nitrogen and oxygen atoms in total. The molecule has 1 rings (SSSR count). The summed E-state index contributed by atoms with van der Waals surface area (Å²) in [5.41, 5.74) is -0.697. The van der Waals surface area contributed by atoms with Crippen LogP contribution in [0.3, 0.4) is 0 Å². The van der Waals surface area contributed by atoms with Gasteiger partial charge in [-0.05, 0) is 5.92 Å². The summed E-state index contributed by atoms with van der Waals surface area (Å²) in [5, 5.41) is 7.07. The van der Waals surface area contributed by atoms with Crippen molar-refractivity contribution < 1.29 is 13.2 Å². The molecule has 1 heterocycles. The zero-order valence-corrected chi connectivity index (χ0v) is 11.1. The summed E-state index contributed by atoms with van der Waals surface area (Å²) in [6, 6.07) is 0.215. The summed E-state index contributed by atoms with van der Waals surface area (Å²) in [4.78, 5) is 0. The number of hydrogen-bond acceptors (Lipinski definition) is 2. The Hall–Kier alpha value is -1.04. The van der Waals surface area contributed by atoms with Gasteiger partial charge in [0.2, 0.25) is 0 Å². The first-order valence-electron chi connectivity index (χ1n) is 6.06. The van der Waals surface area contributed by atoms with Gasteiger partial charge in [0.1, 0.15) is 0 Å². The molecular formula is C12H20F3N3. The minimum Gasteiger partial charge on any atom is -0.312 e. The van der Waals surface area contributed by atoms with E-state index in [0.29, 0.717) is 12.6 Å². The molecule has 0 aliphatic rings. The first-order chi connectivity index (χ1) is 8.21. The van der Waals surface area contributed by atoms with Gasteiger partial charge in [0.25, 0.3) is 0 Å². The van der Waals surface area contributed by atoms with Crippen molar-refractivity contribution >= 4 is 0 Å². The quantitative estimate of drug-likeness (QED) is 0.884. The molecular weight excluding hydrogens is 243 g/mol. The lowest BCUT2D eigenvalue weighted by atomic mass is 10.0. The van der Waals surface area contributed by atoms with Crippen molar-refractivity contribution in [1.82, 2.24) is 15.1 Å². The van der Waals surface area contributed by atoms with Crippen molar-refractivity contribution in [2.75, 3.05) is 6.54 Å². The lowest BCUT2D eigenvalue weighted by Crippen LogP contribution is -2.33. The van der Waals surface area contributed by atoms with Crippen LogP contribution in [0.5, 0.6) is 0 Å². The second-order valence-electron chi connectivity index (χ2n) is 5.08. The summed E-state index contributed by atoms with van der Waals surface area (Å²) >= 11 is 0. The summed E-state index contributed by atoms with van der Waals surface area (Å²) in [7, 11) is 0. The molecule has 1 N–H and O–H groups in total. The van der Waals surface area contributed by atoms with Crippen LogP contribution in [-0.2, 0) is 6.18 Å². The monoisotopic (exact) mass is 263 g/mol. The molecule has 0 aromatic carbocycles. The van der Waals surface area contributed by atoms with Gasteiger partial charge in [-0.2, -0.15) is 18.3 Å². The van der Waals surface area contributed by atoms with Gasteiger partial charge < -0.3 is 5.32 Å². The number of alkyl halides is 3. The average Bonchev–Trinajstić information content (AvgIpc) is 2.65. The predicted octanol–water partition coefficient (Wildman–Crippen LogP) is 3.10. The Bertz CT molecular complexity index is 369. The lowest BCUT2D eigenvalue weighted by Gasteiger charge is -2.23. The molecule has 0 amide bonds. The number of nitrogens with zero attached hydrogens (tertiary/aromatic N) is 2. The number of hydrogen-bond donors (Lipinski definition) is 1. The van der Waals surface area contributed by atoms with Gasteiger partial charge in [0.15, 0.2) is 0 Å². The highest BCUT2D eigenvalue weighted by Crippen LogP contribution is 2.29. The fraction of sp³-hybridized carbons (Fsp3) is 0.750. The maximum atomic E-state index is 12.5. The molecule has 0 bridgehead atoms. The van der Waals surface area contributed by atoms with Crippen molar-refractivity contribution in [1.29, 1.82) is 0 Å². The van der Waals surface area contributed by atoms with Crippen LogP contribution < -0.4 is 5.32 Å². The fourth-order valence-corrected chi connectivity index (χ4v) is 1.66. The van der Waals surface area contributed by atoms with Crippen LogP contribution in [0.15, 0.2) is 12.4 Å². The molecule has 1 aromatic rings. The van der Waals surface area contributed by atoms with Crippen molar-refractivity contribution in [3.05, 3.63) is 18.0 Å². The topological polar surface area (TPSA) is 29.9 Å². The second-order valence-corrected chi connectivity index (χ2v) is 5.08. The normalized spacial score (nSPS) is 14.5. The lowest BCUT2D eigenvalue weighted by molar-refractivity contribution is -0.137. The molecule has 0 aliphatic heterocycles. The Morgan fingerprint density at radius 3 is 2.28 bits per heavy atom. The van der Waals surface area contributed by atoms with E-state index in [1.165, 1.54) is 4.68 Å². The molecule has 0 aliphatic carbocycles. The Balaban J connectivity index is 2.83. The number of rotatable bonds is 5. The van der Waals surface area contributed by atoms with E-state index >= 15 is 0 Å². The molecule has 0 spiro atoms. The fourth-order valence-electron chi connectivity index (χ4n) is 1.66. The number of nitrogens with one attached hydrogen (secondary N) is 1. The zero-order valence-electron chi connectivity index (χ0n) is 11.1. The first-order valence-corrected chi connectivity index (χ1v) is 6.06. The van der Waals surface area contributed by atoms with E-state index in [1.54, 1.807) is 0 Å². The molecule has 0 saturated carbocycles. The summed E-state index contributed by atoms with van der Waals surface area (Å²) in [6.07, 6.45) is -2.37. The third-order valence-corrected chi connectivity index (χ3v) is 2.77. The maximum absolute atomic E-state index is 12.5. The van der Waals surface area contributed by atoms with Gasteiger partial charge in [0, 0.05) is 18.8 Å². The smallest absolute Gasteiger partial charge is 0.312 e. The Morgan fingerprint density at radius 2 is 1.89 bits per heavy atom. The standard InChI is InChI=1S/C12H20F3N3/c1-8(2)11(6-16-9(3)4)18-7-10(5-17-18)12(13,14)15/h5,7-9,11,16H,6H2,1-4H3. The molecule has 0 fully saturated rings. The second kappa shape index (κ2) is 5.73. The van der Waals surface area contributed by atoms with Gasteiger partial charge in [-0.25, -0.2) is 0 Å². The molecule has 0 saturated heterocycles. The van der Waals surface area contributed by atoms with E-state index in [1.807, 2.05) is 27.7 Å². The van der Waals surface area contributed by atoms with Crippen molar-refractivity contribution in [3.63, 3.8) is 0 Å². The number of halogens is 3. The highest BCUT2D eigenvalue weighted by Gasteiger charge is 2.33. The van der Waals surface area contributed by atoms with Crippen LogP contribution in [0.1, 0.15) is 39.3 Å². The van der Waals surface area contributed by atoms with Gasteiger partial charge in [-0.3, -0.25) is 4.68 Å². The van der Waals surface area contributed by atoms with Crippen molar-refractivity contribution in [3.8, 4) is 0 Å². The van der Waals surface area contributed by atoms with Crippen molar-refractivity contribution in [2.24, 2.45) is 5.92 Å². The van der Waals surface area contributed by atoms with E-state index in [9.17, 15) is 13.2 Å². The van der Waals surface area contributed by atoms with Crippen LogP contribution in [0.2, 0.25) is 0 Å². The van der Waals surface area contributed by atoms with Crippen molar-refractivity contribution in [2.45, 2.75) is 46.0 Å². The summed E-state index contributed by atoms with van der Waals surface area (Å²) in [5.74, 6) is 0.206. The van der Waals surface area contributed by atoms with E-state index in [-0.39, 0.29) is 12.0 Å². The predicted molar refractivity (Wildman–Crippen MR) is 64.2 cm³/mol. The third kappa shape index (κ3) is 4.01. The zero-order chi connectivity index (χ0) is 13.9. The van der Waals surface area contributed by atoms with Crippen LogP contribution in [0, 0.1) is 5.92 Å². The SMILES string of the molecule is CC(C)NCC(C(C)C)n1cc(C(F)(F)F)cn1. The minimum absolute atomic E-state index is 0.0801. The Kier molecular flexibility index (Phi) is 4.78. The summed E-state index contributed by atoms with van der Waals surface area (Å²) in [6.45, 7) is 8.56. The van der Waals surface area contributed by atoms with E-state index < -0.39 is 11.7 Å². The van der Waals surface area contributed by atoms with E-state index in [0.717, 1.165) is 12.4 Å². The molecule has 18 heavy (non-hydrogen) atoms. The minimum atomic E-state index is -4.33. The van der Waals surface area contributed by atoms with Crippen LogP contribution >= 0.6 is 0 Å². The van der Waals surface area contributed by atoms with E-state index in [4.69, 9.17) is 0 Å².